The van der Waals surface area contributed by atoms with E-state index >= 15 is 0 Å². The predicted molar refractivity (Wildman–Crippen MR) is 115 cm³/mol. The molecule has 1 aromatic carbocycles. The summed E-state index contributed by atoms with van der Waals surface area (Å²) >= 11 is 0. The van der Waals surface area contributed by atoms with Gasteiger partial charge in [-0.2, -0.15) is 0 Å². The molecule has 3 fully saturated rings. The molecule has 29 heavy (non-hydrogen) atoms. The van der Waals surface area contributed by atoms with E-state index in [1.165, 1.54) is 50.5 Å². The molecule has 3 bridgehead atoms. The summed E-state index contributed by atoms with van der Waals surface area (Å²) in [6.07, 6.45) is 12.2. The predicted octanol–water partition coefficient (Wildman–Crippen LogP) is 4.54. The van der Waals surface area contributed by atoms with E-state index in [0.29, 0.717) is 11.0 Å². The van der Waals surface area contributed by atoms with Crippen molar-refractivity contribution in [3.8, 4) is 11.3 Å². The molecule has 0 radical (unpaired) electrons. The van der Waals surface area contributed by atoms with Crippen LogP contribution in [0.25, 0.3) is 11.3 Å². The Morgan fingerprint density at radius 1 is 1.14 bits per heavy atom. The van der Waals surface area contributed by atoms with E-state index in [9.17, 15) is 4.79 Å². The van der Waals surface area contributed by atoms with Crippen molar-refractivity contribution < 1.29 is 4.79 Å². The van der Waals surface area contributed by atoms with Gasteiger partial charge in [0.05, 0.1) is 5.69 Å². The number of nitrogens with one attached hydrogen (secondary N) is 1. The van der Waals surface area contributed by atoms with Crippen LogP contribution in [0.3, 0.4) is 0 Å². The number of nitrogens with two attached hydrogens (primary N) is 1. The SMILES string of the molecule is NC(=O)c1cccc(-c2ccc(CNCC34CC5CCCC(C3)C(C5)C4)cn2)c1. The molecule has 152 valence electrons. The number of fused-ring (bicyclic) bond motifs is 2. The van der Waals surface area contributed by atoms with E-state index in [2.05, 4.69) is 16.4 Å². The van der Waals surface area contributed by atoms with E-state index in [1.54, 1.807) is 12.1 Å². The molecule has 2 aromatic rings. The normalized spacial score (nSPS) is 30.3. The lowest BCUT2D eigenvalue weighted by molar-refractivity contribution is 0.100. The van der Waals surface area contributed by atoms with Crippen molar-refractivity contribution in [2.45, 2.75) is 51.5 Å². The van der Waals surface area contributed by atoms with Crippen LogP contribution in [-0.2, 0) is 6.54 Å². The average molecular weight is 390 g/mol. The smallest absolute Gasteiger partial charge is 0.248 e. The van der Waals surface area contributed by atoms with Gasteiger partial charge in [-0.15, -0.1) is 0 Å². The number of carbonyl (C=O) groups excluding carboxylic acids is 1. The molecule has 1 aromatic heterocycles. The third kappa shape index (κ3) is 3.83. The minimum atomic E-state index is -0.409. The summed E-state index contributed by atoms with van der Waals surface area (Å²) in [5.41, 5.74) is 9.46. The van der Waals surface area contributed by atoms with Crippen molar-refractivity contribution in [2.24, 2.45) is 28.9 Å². The molecule has 0 aliphatic heterocycles. The highest BCUT2D eigenvalue weighted by Gasteiger charge is 2.50. The molecular weight excluding hydrogens is 358 g/mol. The number of hydrogen-bond acceptors (Lipinski definition) is 3. The maximum absolute atomic E-state index is 11.4. The van der Waals surface area contributed by atoms with Crippen molar-refractivity contribution in [3.05, 3.63) is 53.7 Å². The second-order valence-electron chi connectivity index (χ2n) is 9.77. The number of carbonyl (C=O) groups is 1. The first-order chi connectivity index (χ1) is 14.1. The number of amides is 1. The number of hydrogen-bond donors (Lipinski definition) is 2. The highest BCUT2D eigenvalue weighted by Crippen LogP contribution is 2.59. The topological polar surface area (TPSA) is 68.0 Å². The Bertz CT molecular complexity index is 889. The summed E-state index contributed by atoms with van der Waals surface area (Å²) in [6.45, 7) is 2.02. The van der Waals surface area contributed by atoms with E-state index in [4.69, 9.17) is 5.73 Å². The zero-order valence-corrected chi connectivity index (χ0v) is 17.1. The van der Waals surface area contributed by atoms with Crippen molar-refractivity contribution in [1.29, 1.82) is 0 Å². The summed E-state index contributed by atoms with van der Waals surface area (Å²) in [5, 5.41) is 3.76. The van der Waals surface area contributed by atoms with Gasteiger partial charge < -0.3 is 11.1 Å². The lowest BCUT2D eigenvalue weighted by atomic mass is 9.69. The first-order valence-electron chi connectivity index (χ1n) is 11.2. The van der Waals surface area contributed by atoms with Crippen LogP contribution in [-0.4, -0.2) is 17.4 Å². The van der Waals surface area contributed by atoms with Gasteiger partial charge in [0.2, 0.25) is 5.91 Å². The molecular formula is C25H31N3O. The fraction of sp³-hybridized carbons (Fsp3) is 0.520. The van der Waals surface area contributed by atoms with E-state index in [0.717, 1.165) is 42.1 Å². The largest absolute Gasteiger partial charge is 0.366 e. The van der Waals surface area contributed by atoms with Gasteiger partial charge >= 0.3 is 0 Å². The molecule has 3 aliphatic carbocycles. The lowest BCUT2D eigenvalue weighted by Crippen LogP contribution is -2.36. The Balaban J connectivity index is 1.20. The van der Waals surface area contributed by atoms with Crippen LogP contribution in [0, 0.1) is 23.2 Å². The average Bonchev–Trinajstić information content (AvgIpc) is 2.88. The molecule has 4 heteroatoms. The van der Waals surface area contributed by atoms with Crippen LogP contribution in [0.1, 0.15) is 60.9 Å². The quantitative estimate of drug-likeness (QED) is 0.762. The molecule has 3 aliphatic rings. The summed E-state index contributed by atoms with van der Waals surface area (Å²) in [4.78, 5) is 16.0. The van der Waals surface area contributed by atoms with Gasteiger partial charge in [-0.25, -0.2) is 0 Å². The molecule has 0 spiro atoms. The highest BCUT2D eigenvalue weighted by molar-refractivity contribution is 5.93. The Hall–Kier alpha value is -2.20. The zero-order valence-electron chi connectivity index (χ0n) is 17.1. The van der Waals surface area contributed by atoms with Gasteiger partial charge in [0, 0.05) is 30.4 Å². The fourth-order valence-corrected chi connectivity index (χ4v) is 6.54. The Morgan fingerprint density at radius 3 is 2.86 bits per heavy atom. The Kier molecular flexibility index (Phi) is 4.91. The Labute approximate surface area is 173 Å². The van der Waals surface area contributed by atoms with E-state index < -0.39 is 5.91 Å². The van der Waals surface area contributed by atoms with Crippen LogP contribution in [0.2, 0.25) is 0 Å². The minimum Gasteiger partial charge on any atom is -0.366 e. The van der Waals surface area contributed by atoms with Crippen molar-refractivity contribution in [1.82, 2.24) is 10.3 Å². The number of benzene rings is 1. The summed E-state index contributed by atoms with van der Waals surface area (Å²) in [5.74, 6) is 2.59. The molecule has 3 N–H and O–H groups in total. The fourth-order valence-electron chi connectivity index (χ4n) is 6.54. The number of pyridine rings is 1. The summed E-state index contributed by atoms with van der Waals surface area (Å²) in [7, 11) is 0. The van der Waals surface area contributed by atoms with Crippen molar-refractivity contribution in [2.75, 3.05) is 6.54 Å². The van der Waals surface area contributed by atoms with Crippen LogP contribution >= 0.6 is 0 Å². The van der Waals surface area contributed by atoms with Crippen LogP contribution in [0.5, 0.6) is 0 Å². The highest BCUT2D eigenvalue weighted by atomic mass is 16.1. The maximum Gasteiger partial charge on any atom is 0.248 e. The van der Waals surface area contributed by atoms with Crippen LogP contribution < -0.4 is 11.1 Å². The van der Waals surface area contributed by atoms with Gasteiger partial charge in [0.25, 0.3) is 0 Å². The van der Waals surface area contributed by atoms with E-state index in [1.807, 2.05) is 24.4 Å². The second-order valence-corrected chi connectivity index (χ2v) is 9.77. The molecule has 4 atom stereocenters. The van der Waals surface area contributed by atoms with Gasteiger partial charge in [0.15, 0.2) is 0 Å². The van der Waals surface area contributed by atoms with Gasteiger partial charge in [-0.3, -0.25) is 9.78 Å². The standard InChI is InChI=1S/C25H31N3O/c26-24(29)20-5-2-4-19(10-20)23-8-7-18(15-28-23)14-27-16-25-11-17-3-1-6-21(12-25)22(9-17)13-25/h2,4-5,7-8,10,15,17,21-22,27H,1,3,6,9,11-14,16H2,(H2,26,29). The maximum atomic E-state index is 11.4. The third-order valence-electron chi connectivity index (χ3n) is 7.70. The molecule has 4 nitrogen and oxygen atoms in total. The molecule has 4 unspecified atom stereocenters. The minimum absolute atomic E-state index is 0.409. The number of rotatable bonds is 6. The molecule has 1 heterocycles. The third-order valence-corrected chi connectivity index (χ3v) is 7.70. The summed E-state index contributed by atoms with van der Waals surface area (Å²) < 4.78 is 0. The van der Waals surface area contributed by atoms with Crippen molar-refractivity contribution in [3.63, 3.8) is 0 Å². The second kappa shape index (κ2) is 7.56. The zero-order chi connectivity index (χ0) is 19.8. The first kappa shape index (κ1) is 18.8. The van der Waals surface area contributed by atoms with E-state index in [-0.39, 0.29) is 0 Å². The van der Waals surface area contributed by atoms with Gasteiger partial charge in [-0.05, 0) is 72.6 Å². The Morgan fingerprint density at radius 2 is 2.03 bits per heavy atom. The monoisotopic (exact) mass is 389 g/mol. The number of primary amides is 1. The van der Waals surface area contributed by atoms with Gasteiger partial charge in [0.1, 0.15) is 0 Å². The molecule has 3 saturated carbocycles. The molecule has 1 amide bonds. The van der Waals surface area contributed by atoms with Gasteiger partial charge in [-0.1, -0.05) is 37.5 Å². The number of aromatic nitrogens is 1. The lowest BCUT2D eigenvalue weighted by Gasteiger charge is -2.38. The summed E-state index contributed by atoms with van der Waals surface area (Å²) in [6, 6.07) is 11.5. The molecule has 0 saturated heterocycles. The van der Waals surface area contributed by atoms with Crippen molar-refractivity contribution >= 4 is 5.91 Å². The first-order valence-corrected chi connectivity index (χ1v) is 11.2. The van der Waals surface area contributed by atoms with Crippen LogP contribution in [0.15, 0.2) is 42.6 Å². The van der Waals surface area contributed by atoms with Crippen LogP contribution in [0.4, 0.5) is 0 Å². The number of nitrogens with zero attached hydrogens (tertiary/aromatic N) is 1. The molecule has 5 rings (SSSR count).